The first kappa shape index (κ1) is 31.2. The number of nitrogens with one attached hydrogen (secondary N) is 1. The van der Waals surface area contributed by atoms with Gasteiger partial charge in [0.25, 0.3) is 5.91 Å². The fourth-order valence-corrected chi connectivity index (χ4v) is 3.25. The van der Waals surface area contributed by atoms with Crippen molar-refractivity contribution < 1.29 is 50.9 Å². The number of aryl methyl sites for hydroxylation is 2. The van der Waals surface area contributed by atoms with Crippen LogP contribution in [0.1, 0.15) is 41.7 Å². The summed E-state index contributed by atoms with van der Waals surface area (Å²) in [6.45, 7) is 9.53. The molecule has 1 amide bonds. The Morgan fingerprint density at radius 3 is 1.68 bits per heavy atom. The van der Waals surface area contributed by atoms with Gasteiger partial charge in [-0.15, -0.1) is 11.3 Å². The van der Waals surface area contributed by atoms with Gasteiger partial charge in [-0.25, -0.2) is 14.6 Å². The second-order valence-corrected chi connectivity index (χ2v) is 8.85. The molecule has 0 aromatic carbocycles. The summed E-state index contributed by atoms with van der Waals surface area (Å²) in [5.41, 5.74) is 7.90. The van der Waals surface area contributed by atoms with E-state index < -0.39 is 24.3 Å². The van der Waals surface area contributed by atoms with E-state index in [0.29, 0.717) is 15.6 Å². The molecule has 0 aliphatic rings. The predicted molar refractivity (Wildman–Crippen MR) is 113 cm³/mol. The molecule has 0 spiro atoms. The van der Waals surface area contributed by atoms with Gasteiger partial charge < -0.3 is 21.3 Å². The molecular weight excluding hydrogens is 520 g/mol. The number of carboxylic acid groups (broad SMARTS) is 2. The van der Waals surface area contributed by atoms with Crippen molar-refractivity contribution in [2.24, 2.45) is 0 Å². The van der Waals surface area contributed by atoms with E-state index in [1.54, 1.807) is 0 Å². The molecule has 5 N–H and O–H groups in total. The molecule has 0 atom stereocenters. The molecule has 0 saturated carbocycles. The van der Waals surface area contributed by atoms with Crippen molar-refractivity contribution in [2.75, 3.05) is 5.73 Å². The van der Waals surface area contributed by atoms with Gasteiger partial charge in [-0.05, 0) is 40.2 Å². The number of nitrogen functional groups attached to an aromatic ring is 1. The number of amides is 1. The van der Waals surface area contributed by atoms with Crippen molar-refractivity contribution in [3.8, 4) is 0 Å². The highest BCUT2D eigenvalue weighted by molar-refractivity contribution is 7.21. The van der Waals surface area contributed by atoms with Crippen molar-refractivity contribution in [1.82, 2.24) is 10.3 Å². The Balaban J connectivity index is 0.000000642. The van der Waals surface area contributed by atoms with Crippen LogP contribution in [0, 0.1) is 13.8 Å². The second kappa shape index (κ2) is 11.1. The van der Waals surface area contributed by atoms with Crippen LogP contribution < -0.4 is 11.1 Å². The minimum Gasteiger partial charge on any atom is -0.475 e. The van der Waals surface area contributed by atoms with Crippen molar-refractivity contribution in [2.45, 2.75) is 52.5 Å². The SMILES string of the molecule is Cc1nc2sc(C(=O)NC(C)(C)C)c(N)c2c(C)c1Cl.O=C(O)C(F)(F)F.O=C(O)C(F)(F)F. The Morgan fingerprint density at radius 2 is 1.35 bits per heavy atom. The lowest BCUT2D eigenvalue weighted by atomic mass is 10.1. The molecule has 0 fully saturated rings. The van der Waals surface area contributed by atoms with Gasteiger partial charge in [-0.3, -0.25) is 4.79 Å². The Kier molecular flexibility index (Phi) is 10.2. The van der Waals surface area contributed by atoms with E-state index in [1.165, 1.54) is 11.3 Å². The molecular formula is C18H20ClF6N3O5S. The van der Waals surface area contributed by atoms with E-state index in [-0.39, 0.29) is 11.4 Å². The summed E-state index contributed by atoms with van der Waals surface area (Å²) < 4.78 is 63.5. The quantitative estimate of drug-likeness (QED) is 0.376. The second-order valence-electron chi connectivity index (χ2n) is 7.47. The number of nitrogens with zero attached hydrogens (tertiary/aromatic N) is 1. The summed E-state index contributed by atoms with van der Waals surface area (Å²) in [6.07, 6.45) is -10.2. The van der Waals surface area contributed by atoms with Crippen LogP contribution in [0.25, 0.3) is 10.2 Å². The molecule has 0 aliphatic carbocycles. The Bertz CT molecular complexity index is 1050. The fraction of sp³-hybridized carbons (Fsp3) is 0.444. The van der Waals surface area contributed by atoms with Gasteiger partial charge in [0.15, 0.2) is 0 Å². The summed E-state index contributed by atoms with van der Waals surface area (Å²) in [5, 5.41) is 18.6. The van der Waals surface area contributed by atoms with Crippen LogP contribution >= 0.6 is 22.9 Å². The number of anilines is 1. The van der Waals surface area contributed by atoms with Crippen molar-refractivity contribution in [3.05, 3.63) is 21.2 Å². The molecule has 8 nitrogen and oxygen atoms in total. The first-order valence-electron chi connectivity index (χ1n) is 8.78. The smallest absolute Gasteiger partial charge is 0.475 e. The monoisotopic (exact) mass is 539 g/mol. The van der Waals surface area contributed by atoms with E-state index in [0.717, 1.165) is 21.5 Å². The van der Waals surface area contributed by atoms with Crippen LogP contribution in [0.2, 0.25) is 5.02 Å². The predicted octanol–water partition coefficient (Wildman–Crippen LogP) is 4.94. The highest BCUT2D eigenvalue weighted by Gasteiger charge is 2.38. The number of nitrogens with two attached hydrogens (primary N) is 1. The zero-order valence-corrected chi connectivity index (χ0v) is 19.8. The number of aromatic nitrogens is 1. The van der Waals surface area contributed by atoms with E-state index >= 15 is 0 Å². The number of halogens is 7. The number of carbonyl (C=O) groups excluding carboxylic acids is 1. The number of hydrogen-bond donors (Lipinski definition) is 4. The Labute approximate surface area is 197 Å². The molecule has 0 bridgehead atoms. The van der Waals surface area contributed by atoms with Crippen molar-refractivity contribution >= 4 is 56.7 Å². The van der Waals surface area contributed by atoms with E-state index in [9.17, 15) is 31.1 Å². The summed E-state index contributed by atoms with van der Waals surface area (Å²) in [7, 11) is 0. The van der Waals surface area contributed by atoms with E-state index in [2.05, 4.69) is 10.3 Å². The zero-order chi connectivity index (χ0) is 27.4. The largest absolute Gasteiger partial charge is 0.490 e. The Hall–Kier alpha value is -2.81. The lowest BCUT2D eigenvalue weighted by molar-refractivity contribution is -0.193. The van der Waals surface area contributed by atoms with Crippen LogP contribution in [0.15, 0.2) is 0 Å². The number of thiophene rings is 1. The van der Waals surface area contributed by atoms with Crippen LogP contribution in [0.5, 0.6) is 0 Å². The average Bonchev–Trinajstić information content (AvgIpc) is 2.94. The third kappa shape index (κ3) is 9.21. The van der Waals surface area contributed by atoms with Crippen molar-refractivity contribution in [3.63, 3.8) is 0 Å². The summed E-state index contributed by atoms with van der Waals surface area (Å²) in [5.74, 6) is -5.69. The van der Waals surface area contributed by atoms with Gasteiger partial charge in [-0.1, -0.05) is 11.6 Å². The van der Waals surface area contributed by atoms with Gasteiger partial charge in [-0.2, -0.15) is 26.3 Å². The van der Waals surface area contributed by atoms with Crippen LogP contribution in [0.4, 0.5) is 32.0 Å². The van der Waals surface area contributed by atoms with Crippen LogP contribution in [-0.4, -0.2) is 50.9 Å². The van der Waals surface area contributed by atoms with E-state index in [1.807, 2.05) is 34.6 Å². The highest BCUT2D eigenvalue weighted by atomic mass is 35.5. The summed E-state index contributed by atoms with van der Waals surface area (Å²) >= 11 is 7.51. The van der Waals surface area contributed by atoms with Crippen LogP contribution in [0.3, 0.4) is 0 Å². The number of carbonyl (C=O) groups is 3. The maximum atomic E-state index is 12.3. The maximum Gasteiger partial charge on any atom is 0.490 e. The molecule has 2 aromatic heterocycles. The highest BCUT2D eigenvalue weighted by Crippen LogP contribution is 2.38. The van der Waals surface area contributed by atoms with E-state index in [4.69, 9.17) is 37.1 Å². The number of alkyl halides is 6. The van der Waals surface area contributed by atoms with Gasteiger partial charge in [0.1, 0.15) is 9.71 Å². The van der Waals surface area contributed by atoms with Gasteiger partial charge >= 0.3 is 24.3 Å². The lowest BCUT2D eigenvalue weighted by Crippen LogP contribution is -2.40. The standard InChI is InChI=1S/C14H18ClN3OS.2C2HF3O2/c1-6-8-10(16)11(12(19)18-14(3,4)5)20-13(8)17-7(2)9(6)15;2*3-2(4,5)1(6)7/h16H2,1-5H3,(H,18,19);2*(H,6,7). The molecule has 0 aliphatic heterocycles. The number of rotatable bonds is 1. The molecule has 16 heteroatoms. The minimum atomic E-state index is -5.08. The molecule has 34 heavy (non-hydrogen) atoms. The average molecular weight is 540 g/mol. The van der Waals surface area contributed by atoms with Crippen molar-refractivity contribution in [1.29, 1.82) is 0 Å². The maximum absolute atomic E-state index is 12.3. The number of hydrogen-bond acceptors (Lipinski definition) is 6. The number of carboxylic acids is 2. The zero-order valence-electron chi connectivity index (χ0n) is 18.2. The lowest BCUT2D eigenvalue weighted by Gasteiger charge is -2.20. The summed E-state index contributed by atoms with van der Waals surface area (Å²) in [4.78, 5) is 35.7. The third-order valence-corrected chi connectivity index (χ3v) is 5.05. The molecule has 0 saturated heterocycles. The molecule has 2 aromatic rings. The first-order valence-corrected chi connectivity index (χ1v) is 9.97. The number of aliphatic carboxylic acids is 2. The molecule has 2 heterocycles. The van der Waals surface area contributed by atoms with Gasteiger partial charge in [0.2, 0.25) is 0 Å². The number of fused-ring (bicyclic) bond motifs is 1. The van der Waals surface area contributed by atoms with Gasteiger partial charge in [0, 0.05) is 10.9 Å². The Morgan fingerprint density at radius 1 is 0.971 bits per heavy atom. The molecule has 192 valence electrons. The number of pyridine rings is 1. The minimum absolute atomic E-state index is 0.175. The topological polar surface area (TPSA) is 143 Å². The first-order chi connectivity index (χ1) is 15.0. The third-order valence-electron chi connectivity index (χ3n) is 3.40. The summed E-state index contributed by atoms with van der Waals surface area (Å²) in [6, 6.07) is 0. The van der Waals surface area contributed by atoms with Crippen LogP contribution in [-0.2, 0) is 9.59 Å². The molecule has 2 rings (SSSR count). The molecule has 0 radical (unpaired) electrons. The fourth-order valence-electron chi connectivity index (χ4n) is 2.02. The normalized spacial score (nSPS) is 11.6. The van der Waals surface area contributed by atoms with Gasteiger partial charge in [0.05, 0.1) is 16.4 Å². The molecule has 0 unspecified atom stereocenters.